The number of hydrogen-bond acceptors (Lipinski definition) is 3. The highest BCUT2D eigenvalue weighted by atomic mass is 32.2. The Morgan fingerprint density at radius 3 is 2.57 bits per heavy atom. The van der Waals surface area contributed by atoms with Crippen LogP contribution in [-0.2, 0) is 16.6 Å². The third kappa shape index (κ3) is 3.81. The number of hydrogen-bond donors (Lipinski definition) is 1. The van der Waals surface area contributed by atoms with Crippen molar-refractivity contribution in [3.8, 4) is 0 Å². The van der Waals surface area contributed by atoms with E-state index in [0.717, 1.165) is 12.8 Å². The molecule has 1 aromatic rings. The molecular weight excluding hydrogens is 291 g/mol. The Bertz CT molecular complexity index is 598. The van der Waals surface area contributed by atoms with Gasteiger partial charge in [0.1, 0.15) is 5.82 Å². The number of benzene rings is 1. The Morgan fingerprint density at radius 2 is 2.05 bits per heavy atom. The summed E-state index contributed by atoms with van der Waals surface area (Å²) in [4.78, 5) is 0.179. The van der Waals surface area contributed by atoms with E-state index in [1.807, 2.05) is 20.8 Å². The van der Waals surface area contributed by atoms with Crippen molar-refractivity contribution in [2.24, 2.45) is 0 Å². The minimum atomic E-state index is -3.53. The summed E-state index contributed by atoms with van der Waals surface area (Å²) >= 11 is 0. The minimum Gasteiger partial charge on any atom is -0.310 e. The Hall–Kier alpha value is -0.980. The first-order valence-electron chi connectivity index (χ1n) is 7.40. The van der Waals surface area contributed by atoms with Crippen LogP contribution in [0.25, 0.3) is 0 Å². The molecule has 0 spiro atoms. The summed E-state index contributed by atoms with van der Waals surface area (Å²) in [6, 6.07) is 4.37. The number of nitrogens with zero attached hydrogens (tertiary/aromatic N) is 1. The standard InChI is InChI=1S/C15H23FN2O2S/c1-4-18(13-5-6-13)21(19,20)14-7-8-15(16)12(9-14)10-17-11(2)3/h7-9,11,13,17H,4-6,10H2,1-3H3. The lowest BCUT2D eigenvalue weighted by Gasteiger charge is -2.20. The van der Waals surface area contributed by atoms with Crippen LogP contribution in [0.3, 0.4) is 0 Å². The lowest BCUT2D eigenvalue weighted by molar-refractivity contribution is 0.420. The monoisotopic (exact) mass is 314 g/mol. The first-order valence-corrected chi connectivity index (χ1v) is 8.84. The fourth-order valence-corrected chi connectivity index (χ4v) is 4.03. The SMILES string of the molecule is CCN(C1CC1)S(=O)(=O)c1ccc(F)c(CNC(C)C)c1. The Labute approximate surface area is 126 Å². The summed E-state index contributed by atoms with van der Waals surface area (Å²) < 4.78 is 40.6. The van der Waals surface area contributed by atoms with Crippen molar-refractivity contribution >= 4 is 10.0 Å². The van der Waals surface area contributed by atoms with E-state index in [1.165, 1.54) is 22.5 Å². The molecule has 1 aromatic carbocycles. The van der Waals surface area contributed by atoms with Crippen molar-refractivity contribution < 1.29 is 12.8 Å². The molecule has 0 aromatic heterocycles. The number of sulfonamides is 1. The van der Waals surface area contributed by atoms with E-state index in [9.17, 15) is 12.8 Å². The predicted octanol–water partition coefficient (Wildman–Crippen LogP) is 2.50. The van der Waals surface area contributed by atoms with Crippen molar-refractivity contribution in [3.05, 3.63) is 29.6 Å². The van der Waals surface area contributed by atoms with Gasteiger partial charge in [-0.15, -0.1) is 0 Å². The molecule has 2 rings (SSSR count). The van der Waals surface area contributed by atoms with Crippen molar-refractivity contribution in [3.63, 3.8) is 0 Å². The van der Waals surface area contributed by atoms with Gasteiger partial charge >= 0.3 is 0 Å². The second-order valence-corrected chi connectivity index (χ2v) is 7.62. The molecule has 1 aliphatic rings. The molecule has 0 atom stereocenters. The van der Waals surface area contributed by atoms with E-state index in [-0.39, 0.29) is 22.8 Å². The molecule has 6 heteroatoms. The van der Waals surface area contributed by atoms with E-state index in [2.05, 4.69) is 5.32 Å². The topological polar surface area (TPSA) is 49.4 Å². The van der Waals surface area contributed by atoms with Crippen LogP contribution >= 0.6 is 0 Å². The second kappa shape index (κ2) is 6.42. The van der Waals surface area contributed by atoms with E-state index < -0.39 is 10.0 Å². The quantitative estimate of drug-likeness (QED) is 0.841. The maximum absolute atomic E-state index is 13.8. The Morgan fingerprint density at radius 1 is 1.38 bits per heavy atom. The molecule has 1 fully saturated rings. The summed E-state index contributed by atoms with van der Waals surface area (Å²) in [5, 5.41) is 3.11. The molecule has 0 amide bonds. The van der Waals surface area contributed by atoms with Gasteiger partial charge in [0, 0.05) is 30.7 Å². The normalized spacial score (nSPS) is 15.9. The van der Waals surface area contributed by atoms with Crippen LogP contribution in [0.2, 0.25) is 0 Å². The maximum atomic E-state index is 13.8. The van der Waals surface area contributed by atoms with Gasteiger partial charge in [0.15, 0.2) is 0 Å². The number of rotatable bonds is 7. The van der Waals surface area contributed by atoms with Gasteiger partial charge in [-0.1, -0.05) is 20.8 Å². The zero-order chi connectivity index (χ0) is 15.6. The van der Waals surface area contributed by atoms with Crippen LogP contribution in [0.4, 0.5) is 4.39 Å². The molecule has 0 aliphatic heterocycles. The lowest BCUT2D eigenvalue weighted by Crippen LogP contribution is -2.33. The zero-order valence-corrected chi connectivity index (χ0v) is 13.6. The largest absolute Gasteiger partial charge is 0.310 e. The van der Waals surface area contributed by atoms with Crippen LogP contribution < -0.4 is 5.32 Å². The minimum absolute atomic E-state index is 0.113. The van der Waals surface area contributed by atoms with Crippen LogP contribution in [0.5, 0.6) is 0 Å². The van der Waals surface area contributed by atoms with E-state index in [4.69, 9.17) is 0 Å². The van der Waals surface area contributed by atoms with Crippen molar-refractivity contribution in [1.29, 1.82) is 0 Å². The highest BCUT2D eigenvalue weighted by Gasteiger charge is 2.37. The number of halogens is 1. The average molecular weight is 314 g/mol. The zero-order valence-electron chi connectivity index (χ0n) is 12.8. The summed E-state index contributed by atoms with van der Waals surface area (Å²) in [5.74, 6) is -0.378. The van der Waals surface area contributed by atoms with Crippen molar-refractivity contribution in [2.45, 2.75) is 57.1 Å². The van der Waals surface area contributed by atoms with Gasteiger partial charge in [0.05, 0.1) is 4.90 Å². The first-order chi connectivity index (χ1) is 9.86. The van der Waals surface area contributed by atoms with Gasteiger partial charge in [-0.3, -0.25) is 0 Å². The molecule has 1 aliphatic carbocycles. The highest BCUT2D eigenvalue weighted by molar-refractivity contribution is 7.89. The summed E-state index contributed by atoms with van der Waals surface area (Å²) in [6.07, 6.45) is 1.83. The molecule has 0 radical (unpaired) electrons. The van der Waals surface area contributed by atoms with Crippen LogP contribution in [0, 0.1) is 5.82 Å². The molecule has 21 heavy (non-hydrogen) atoms. The predicted molar refractivity (Wildman–Crippen MR) is 81.0 cm³/mol. The second-order valence-electron chi connectivity index (χ2n) is 5.73. The van der Waals surface area contributed by atoms with Gasteiger partial charge in [0.2, 0.25) is 10.0 Å². The number of nitrogens with one attached hydrogen (secondary N) is 1. The smallest absolute Gasteiger partial charge is 0.243 e. The maximum Gasteiger partial charge on any atom is 0.243 e. The fourth-order valence-electron chi connectivity index (χ4n) is 2.28. The third-order valence-electron chi connectivity index (χ3n) is 3.59. The van der Waals surface area contributed by atoms with Gasteiger partial charge in [-0.2, -0.15) is 4.31 Å². The molecule has 4 nitrogen and oxygen atoms in total. The Balaban J connectivity index is 2.28. The van der Waals surface area contributed by atoms with Gasteiger partial charge in [-0.05, 0) is 31.0 Å². The molecule has 1 saturated carbocycles. The summed E-state index contributed by atoms with van der Waals surface area (Å²) in [7, 11) is -3.53. The van der Waals surface area contributed by atoms with Crippen LogP contribution in [0.1, 0.15) is 39.2 Å². The Kier molecular flexibility index (Phi) is 5.01. The van der Waals surface area contributed by atoms with E-state index >= 15 is 0 Å². The fraction of sp³-hybridized carbons (Fsp3) is 0.600. The molecule has 0 heterocycles. The summed E-state index contributed by atoms with van der Waals surface area (Å²) in [5.41, 5.74) is 0.386. The van der Waals surface area contributed by atoms with E-state index in [1.54, 1.807) is 0 Å². The third-order valence-corrected chi connectivity index (χ3v) is 5.61. The first kappa shape index (κ1) is 16.4. The van der Waals surface area contributed by atoms with Crippen molar-refractivity contribution in [2.75, 3.05) is 6.54 Å². The molecule has 0 bridgehead atoms. The molecular formula is C15H23FN2O2S. The van der Waals surface area contributed by atoms with Crippen molar-refractivity contribution in [1.82, 2.24) is 9.62 Å². The van der Waals surface area contributed by atoms with Crippen LogP contribution in [0.15, 0.2) is 23.1 Å². The molecule has 118 valence electrons. The highest BCUT2D eigenvalue weighted by Crippen LogP contribution is 2.32. The average Bonchev–Trinajstić information content (AvgIpc) is 3.22. The van der Waals surface area contributed by atoms with E-state index in [0.29, 0.717) is 18.7 Å². The molecule has 1 N–H and O–H groups in total. The van der Waals surface area contributed by atoms with Gasteiger partial charge in [-0.25, -0.2) is 12.8 Å². The van der Waals surface area contributed by atoms with Gasteiger partial charge in [0.25, 0.3) is 0 Å². The lowest BCUT2D eigenvalue weighted by atomic mass is 10.2. The molecule has 0 saturated heterocycles. The van der Waals surface area contributed by atoms with Crippen LogP contribution in [-0.4, -0.2) is 31.4 Å². The molecule has 0 unspecified atom stereocenters. The summed E-state index contributed by atoms with van der Waals surface area (Å²) in [6.45, 7) is 6.53. The van der Waals surface area contributed by atoms with Gasteiger partial charge < -0.3 is 5.32 Å².